The van der Waals surface area contributed by atoms with E-state index in [0.29, 0.717) is 13.0 Å². The number of hydrogen-bond acceptors (Lipinski definition) is 11. The van der Waals surface area contributed by atoms with E-state index in [0.717, 1.165) is 51.4 Å². The van der Waals surface area contributed by atoms with E-state index in [1.807, 2.05) is 0 Å². The summed E-state index contributed by atoms with van der Waals surface area (Å²) in [6.45, 7) is 3.98. The second-order valence-electron chi connectivity index (χ2n) is 18.5. The third-order valence-electron chi connectivity index (χ3n) is 12.2. The second kappa shape index (κ2) is 44.5. The number of unbranched alkanes of at least 4 members (excludes halogenated alkanes) is 28. The Hall–Kier alpha value is -1.68. The molecular weight excluding hydrogens is 861 g/mol. The number of esters is 1. The molecular formula is C53H98O12S. The topological polar surface area (TPSA) is 178 Å². The number of ether oxygens (including phenoxy) is 4. The van der Waals surface area contributed by atoms with Crippen molar-refractivity contribution in [3.8, 4) is 0 Å². The standard InChI is InChI=1S/C53H98O12S/c1-3-5-7-9-11-13-15-17-19-21-23-24-25-26-28-30-32-34-36-38-40-42-49(55)63-47(46-62-53-51(57)52(65-66(58,59)60)50(56)48(44-54)64-53)45-61-43-41-39-37-35-33-31-29-27-22-20-18-16-14-12-10-8-6-4-2/h12,14,18,20-21,23,47-48,50-54,56-57H,3-11,13,15-17,19,22,24-46H2,1-2H3,(H,58,59,60)/b14-12-,20-18-,23-21-. The molecule has 0 bridgehead atoms. The Balaban J connectivity index is 2.34. The summed E-state index contributed by atoms with van der Waals surface area (Å²) in [5.41, 5.74) is 0. The third kappa shape index (κ3) is 37.2. The van der Waals surface area contributed by atoms with Crippen molar-refractivity contribution in [2.24, 2.45) is 0 Å². The van der Waals surface area contributed by atoms with E-state index in [4.69, 9.17) is 18.9 Å². The van der Waals surface area contributed by atoms with Gasteiger partial charge in [0, 0.05) is 13.0 Å². The number of aliphatic hydroxyl groups is 3. The van der Waals surface area contributed by atoms with Gasteiger partial charge in [-0.25, -0.2) is 4.18 Å². The lowest BCUT2D eigenvalue weighted by molar-refractivity contribution is -0.301. The molecule has 1 saturated heterocycles. The molecule has 0 aromatic rings. The number of carbonyl (C=O) groups excluding carboxylic acids is 1. The van der Waals surface area contributed by atoms with Gasteiger partial charge in [-0.2, -0.15) is 8.42 Å². The van der Waals surface area contributed by atoms with E-state index < -0.39 is 59.8 Å². The summed E-state index contributed by atoms with van der Waals surface area (Å²) in [6.07, 6.45) is 44.6. The first-order valence-corrected chi connectivity index (χ1v) is 28.1. The molecule has 0 aliphatic carbocycles. The molecule has 1 aliphatic heterocycles. The summed E-state index contributed by atoms with van der Waals surface area (Å²) in [7, 11) is -5.07. The Morgan fingerprint density at radius 1 is 0.576 bits per heavy atom. The molecule has 1 aliphatic rings. The SMILES string of the molecule is CCCCC/C=C\C/C=C\CCCCCCCCCCOCC(COC1OC(CO)C(O)C(OS(=O)(=O)O)C1O)OC(=O)CCCCCCCCCCC/C=C\CCCCCCCCCC. The minimum Gasteiger partial charge on any atom is -0.457 e. The van der Waals surface area contributed by atoms with Gasteiger partial charge in [-0.05, 0) is 70.6 Å². The van der Waals surface area contributed by atoms with E-state index in [2.05, 4.69) is 54.5 Å². The number of hydrogen-bond donors (Lipinski definition) is 4. The molecule has 66 heavy (non-hydrogen) atoms. The van der Waals surface area contributed by atoms with Crippen molar-refractivity contribution in [1.29, 1.82) is 0 Å². The Morgan fingerprint density at radius 3 is 1.48 bits per heavy atom. The first-order valence-electron chi connectivity index (χ1n) is 26.7. The summed E-state index contributed by atoms with van der Waals surface area (Å²) in [5.74, 6) is -0.401. The molecule has 1 fully saturated rings. The van der Waals surface area contributed by atoms with E-state index in [1.165, 1.54) is 154 Å². The molecule has 0 aromatic carbocycles. The Kier molecular flexibility index (Phi) is 42.1. The molecule has 1 heterocycles. The maximum Gasteiger partial charge on any atom is 0.397 e. The molecule has 6 unspecified atom stereocenters. The Bertz CT molecular complexity index is 1290. The minimum atomic E-state index is -5.07. The zero-order valence-corrected chi connectivity index (χ0v) is 42.6. The number of carbonyl (C=O) groups is 1. The molecule has 4 N–H and O–H groups in total. The van der Waals surface area contributed by atoms with Crippen LogP contribution in [0.5, 0.6) is 0 Å². The van der Waals surface area contributed by atoms with Gasteiger partial charge in [0.25, 0.3) is 0 Å². The highest BCUT2D eigenvalue weighted by Crippen LogP contribution is 2.26. The van der Waals surface area contributed by atoms with Crippen LogP contribution >= 0.6 is 0 Å². The van der Waals surface area contributed by atoms with Crippen molar-refractivity contribution in [1.82, 2.24) is 0 Å². The molecule has 0 spiro atoms. The number of rotatable bonds is 47. The van der Waals surface area contributed by atoms with Crippen molar-refractivity contribution >= 4 is 16.4 Å². The van der Waals surface area contributed by atoms with Gasteiger partial charge in [0.05, 0.1) is 19.8 Å². The molecule has 13 heteroatoms. The van der Waals surface area contributed by atoms with Crippen LogP contribution in [-0.2, 0) is 38.3 Å². The molecule has 12 nitrogen and oxygen atoms in total. The molecule has 0 aromatic heterocycles. The lowest BCUT2D eigenvalue weighted by Gasteiger charge is -2.41. The summed E-state index contributed by atoms with van der Waals surface area (Å²) in [6, 6.07) is 0. The molecule has 0 saturated carbocycles. The highest BCUT2D eigenvalue weighted by atomic mass is 32.3. The lowest BCUT2D eigenvalue weighted by Crippen LogP contribution is -2.60. The van der Waals surface area contributed by atoms with Gasteiger partial charge in [0.1, 0.15) is 30.5 Å². The van der Waals surface area contributed by atoms with Crippen LogP contribution in [0, 0.1) is 0 Å². The van der Waals surface area contributed by atoms with Crippen molar-refractivity contribution in [3.63, 3.8) is 0 Å². The van der Waals surface area contributed by atoms with Crippen LogP contribution in [0.25, 0.3) is 0 Å². The van der Waals surface area contributed by atoms with Crippen molar-refractivity contribution in [3.05, 3.63) is 36.5 Å². The monoisotopic (exact) mass is 959 g/mol. The zero-order chi connectivity index (χ0) is 48.2. The van der Waals surface area contributed by atoms with Crippen molar-refractivity contribution < 1.29 is 56.2 Å². The van der Waals surface area contributed by atoms with Gasteiger partial charge in [-0.1, -0.05) is 192 Å². The highest BCUT2D eigenvalue weighted by molar-refractivity contribution is 7.80. The van der Waals surface area contributed by atoms with Crippen LogP contribution in [0.4, 0.5) is 0 Å². The van der Waals surface area contributed by atoms with Crippen molar-refractivity contribution in [2.75, 3.05) is 26.4 Å². The fraction of sp³-hybridized carbons (Fsp3) is 0.868. The van der Waals surface area contributed by atoms with Crippen LogP contribution in [-0.4, -0.2) is 97.5 Å². The molecule has 0 radical (unpaired) electrons. The summed E-state index contributed by atoms with van der Waals surface area (Å²) in [4.78, 5) is 12.9. The van der Waals surface area contributed by atoms with Gasteiger partial charge in [-0.3, -0.25) is 9.35 Å². The molecule has 1 rings (SSSR count). The van der Waals surface area contributed by atoms with E-state index in [9.17, 15) is 33.1 Å². The van der Waals surface area contributed by atoms with E-state index >= 15 is 0 Å². The predicted molar refractivity (Wildman–Crippen MR) is 267 cm³/mol. The summed E-state index contributed by atoms with van der Waals surface area (Å²) >= 11 is 0. The van der Waals surface area contributed by atoms with Crippen LogP contribution in [0.2, 0.25) is 0 Å². The fourth-order valence-electron chi connectivity index (χ4n) is 8.17. The maximum atomic E-state index is 12.9. The van der Waals surface area contributed by atoms with Gasteiger partial charge in [0.2, 0.25) is 0 Å². The minimum absolute atomic E-state index is 0.0326. The van der Waals surface area contributed by atoms with Gasteiger partial charge < -0.3 is 34.3 Å². The molecule has 0 amide bonds. The van der Waals surface area contributed by atoms with Gasteiger partial charge in [-0.15, -0.1) is 0 Å². The predicted octanol–water partition coefficient (Wildman–Crippen LogP) is 12.5. The Morgan fingerprint density at radius 2 is 1.00 bits per heavy atom. The molecule has 388 valence electrons. The normalized spacial score (nSPS) is 19.8. The van der Waals surface area contributed by atoms with Crippen LogP contribution < -0.4 is 0 Å². The van der Waals surface area contributed by atoms with Crippen molar-refractivity contribution in [2.45, 2.75) is 269 Å². The zero-order valence-electron chi connectivity index (χ0n) is 41.8. The first kappa shape index (κ1) is 62.3. The van der Waals surface area contributed by atoms with E-state index in [-0.39, 0.29) is 19.6 Å². The van der Waals surface area contributed by atoms with Crippen LogP contribution in [0.1, 0.15) is 232 Å². The average molecular weight is 959 g/mol. The fourth-order valence-corrected chi connectivity index (χ4v) is 8.68. The maximum absolute atomic E-state index is 12.9. The van der Waals surface area contributed by atoms with Crippen LogP contribution in [0.15, 0.2) is 36.5 Å². The molecule has 6 atom stereocenters. The highest BCUT2D eigenvalue weighted by Gasteiger charge is 2.48. The van der Waals surface area contributed by atoms with Gasteiger partial charge in [0.15, 0.2) is 6.29 Å². The second-order valence-corrected chi connectivity index (χ2v) is 19.5. The summed E-state index contributed by atoms with van der Waals surface area (Å²) in [5, 5.41) is 30.8. The number of allylic oxidation sites excluding steroid dienone is 6. The third-order valence-corrected chi connectivity index (χ3v) is 12.7. The number of aliphatic hydroxyl groups excluding tert-OH is 3. The Labute approximate surface area is 403 Å². The van der Waals surface area contributed by atoms with Gasteiger partial charge >= 0.3 is 16.4 Å². The lowest BCUT2D eigenvalue weighted by atomic mass is 9.99. The first-order chi connectivity index (χ1) is 32.1. The largest absolute Gasteiger partial charge is 0.457 e. The average Bonchev–Trinajstić information content (AvgIpc) is 3.29. The summed E-state index contributed by atoms with van der Waals surface area (Å²) < 4.78 is 59.3. The van der Waals surface area contributed by atoms with Crippen LogP contribution in [0.3, 0.4) is 0 Å². The smallest absolute Gasteiger partial charge is 0.397 e. The quantitative estimate of drug-likeness (QED) is 0.0197. The van der Waals surface area contributed by atoms with E-state index in [1.54, 1.807) is 0 Å².